The van der Waals surface area contributed by atoms with Crippen molar-refractivity contribution in [2.75, 3.05) is 37.7 Å². The summed E-state index contributed by atoms with van der Waals surface area (Å²) >= 11 is 0. The van der Waals surface area contributed by atoms with E-state index in [1.807, 2.05) is 31.2 Å². The fourth-order valence-corrected chi connectivity index (χ4v) is 5.60. The minimum Gasteiger partial charge on any atom is -0.376 e. The van der Waals surface area contributed by atoms with E-state index in [2.05, 4.69) is 43.3 Å². The van der Waals surface area contributed by atoms with Crippen LogP contribution in [0, 0.1) is 19.7 Å². The number of benzene rings is 2. The van der Waals surface area contributed by atoms with Gasteiger partial charge in [-0.1, -0.05) is 0 Å². The number of rotatable bonds is 6. The van der Waals surface area contributed by atoms with E-state index in [4.69, 9.17) is 4.74 Å². The average molecular weight is 518 g/mol. The second kappa shape index (κ2) is 10.3. The van der Waals surface area contributed by atoms with Crippen LogP contribution in [0.5, 0.6) is 0 Å². The van der Waals surface area contributed by atoms with Crippen LogP contribution in [0.25, 0.3) is 10.9 Å². The number of aryl methyl sites for hydroxylation is 2. The van der Waals surface area contributed by atoms with E-state index in [0.29, 0.717) is 31.0 Å². The number of H-pyrrole nitrogens is 1. The van der Waals surface area contributed by atoms with E-state index in [1.54, 1.807) is 4.68 Å². The first kappa shape index (κ1) is 24.7. The smallest absolute Gasteiger partial charge is 0.253 e. The van der Waals surface area contributed by atoms with Crippen molar-refractivity contribution < 1.29 is 9.13 Å². The summed E-state index contributed by atoms with van der Waals surface area (Å²) in [5.41, 5.74) is 4.59. The Kier molecular flexibility index (Phi) is 6.67. The first-order valence-electron chi connectivity index (χ1n) is 13.2. The third kappa shape index (κ3) is 4.81. The molecule has 0 bridgehead atoms. The van der Waals surface area contributed by atoms with Crippen molar-refractivity contribution in [3.8, 4) is 0 Å². The molecule has 4 aromatic rings. The van der Waals surface area contributed by atoms with Gasteiger partial charge in [-0.25, -0.2) is 9.07 Å². The lowest BCUT2D eigenvalue weighted by molar-refractivity contribution is 0.0906. The summed E-state index contributed by atoms with van der Waals surface area (Å²) in [6.45, 7) is 8.28. The molecule has 4 heterocycles. The van der Waals surface area contributed by atoms with Crippen molar-refractivity contribution in [2.45, 2.75) is 45.4 Å². The standard InChI is InChI=1S/C28H32FN7O2/c1-18-14-20-16-24(28(37)30-25(20)15-19(18)2)26(27-31-32-33-36(27)17-23-4-3-13-38-23)35-11-9-34(10-12-35)22-7-5-21(29)6-8-22/h5-8,14-16,23,26H,3-4,9-13,17H2,1-2H3,(H,30,37)/t23-,26+/m0/s1. The van der Waals surface area contributed by atoms with Crippen LogP contribution in [-0.4, -0.2) is 69.0 Å². The van der Waals surface area contributed by atoms with E-state index in [9.17, 15) is 9.18 Å². The minimum absolute atomic E-state index is 0.0636. The van der Waals surface area contributed by atoms with E-state index in [0.717, 1.165) is 54.7 Å². The Morgan fingerprint density at radius 3 is 2.58 bits per heavy atom. The first-order valence-corrected chi connectivity index (χ1v) is 13.2. The number of fused-ring (bicyclic) bond motifs is 1. The molecule has 10 heteroatoms. The number of tetrazole rings is 1. The number of pyridine rings is 1. The molecule has 2 aromatic carbocycles. The van der Waals surface area contributed by atoms with Crippen LogP contribution in [0.3, 0.4) is 0 Å². The molecule has 2 aromatic heterocycles. The summed E-state index contributed by atoms with van der Waals surface area (Å²) in [4.78, 5) is 21.2. The summed E-state index contributed by atoms with van der Waals surface area (Å²) in [5.74, 6) is 0.399. The molecule has 0 saturated carbocycles. The van der Waals surface area contributed by atoms with Crippen LogP contribution >= 0.6 is 0 Å². The van der Waals surface area contributed by atoms with Crippen molar-refractivity contribution in [3.05, 3.63) is 81.2 Å². The topological polar surface area (TPSA) is 92.2 Å². The van der Waals surface area contributed by atoms with E-state index >= 15 is 0 Å². The normalized spacial score (nSPS) is 19.3. The molecule has 2 atom stereocenters. The van der Waals surface area contributed by atoms with Gasteiger partial charge in [0.2, 0.25) is 0 Å². The molecule has 0 unspecified atom stereocenters. The number of nitrogens with one attached hydrogen (secondary N) is 1. The van der Waals surface area contributed by atoms with Gasteiger partial charge in [0.15, 0.2) is 5.82 Å². The molecule has 9 nitrogen and oxygen atoms in total. The van der Waals surface area contributed by atoms with Gasteiger partial charge >= 0.3 is 0 Å². The van der Waals surface area contributed by atoms with Crippen molar-refractivity contribution in [2.24, 2.45) is 0 Å². The Bertz CT molecular complexity index is 1490. The van der Waals surface area contributed by atoms with Gasteiger partial charge in [-0.05, 0) is 96.1 Å². The van der Waals surface area contributed by atoms with Crippen molar-refractivity contribution >= 4 is 16.6 Å². The summed E-state index contributed by atoms with van der Waals surface area (Å²) in [7, 11) is 0. The number of aromatic nitrogens is 5. The molecular formula is C28H32FN7O2. The maximum Gasteiger partial charge on any atom is 0.253 e. The maximum absolute atomic E-state index is 13.6. The van der Waals surface area contributed by atoms with Crippen molar-refractivity contribution in [1.29, 1.82) is 0 Å². The zero-order valence-corrected chi connectivity index (χ0v) is 21.7. The zero-order valence-electron chi connectivity index (χ0n) is 21.7. The maximum atomic E-state index is 13.6. The number of piperazine rings is 1. The molecule has 38 heavy (non-hydrogen) atoms. The van der Waals surface area contributed by atoms with Crippen LogP contribution < -0.4 is 10.5 Å². The van der Waals surface area contributed by atoms with Gasteiger partial charge in [0, 0.05) is 49.6 Å². The Morgan fingerprint density at radius 2 is 1.84 bits per heavy atom. The second-order valence-electron chi connectivity index (χ2n) is 10.3. The number of anilines is 1. The van der Waals surface area contributed by atoms with Gasteiger partial charge < -0.3 is 14.6 Å². The number of ether oxygens (including phenoxy) is 1. The molecule has 0 aliphatic carbocycles. The summed E-state index contributed by atoms with van der Waals surface area (Å²) in [6, 6.07) is 12.3. The lowest BCUT2D eigenvalue weighted by Crippen LogP contribution is -2.49. The molecule has 2 aliphatic heterocycles. The van der Waals surface area contributed by atoms with Crippen LogP contribution in [0.15, 0.2) is 47.3 Å². The Hall–Kier alpha value is -3.63. The molecule has 0 radical (unpaired) electrons. The molecule has 1 N–H and O–H groups in total. The largest absolute Gasteiger partial charge is 0.376 e. The van der Waals surface area contributed by atoms with E-state index < -0.39 is 6.04 Å². The molecule has 2 aliphatic rings. The molecule has 198 valence electrons. The molecule has 0 spiro atoms. The van der Waals surface area contributed by atoms with Gasteiger partial charge in [0.25, 0.3) is 5.56 Å². The number of aromatic amines is 1. The third-order valence-electron chi connectivity index (χ3n) is 7.86. The molecule has 6 rings (SSSR count). The third-order valence-corrected chi connectivity index (χ3v) is 7.86. The summed E-state index contributed by atoms with van der Waals surface area (Å²) in [5, 5.41) is 13.7. The average Bonchev–Trinajstić information content (AvgIpc) is 3.60. The molecule has 2 fully saturated rings. The van der Waals surface area contributed by atoms with Crippen LogP contribution in [0.2, 0.25) is 0 Å². The fourth-order valence-electron chi connectivity index (χ4n) is 5.60. The van der Waals surface area contributed by atoms with Gasteiger partial charge in [-0.15, -0.1) is 5.10 Å². The highest BCUT2D eigenvalue weighted by Crippen LogP contribution is 2.30. The van der Waals surface area contributed by atoms with Crippen molar-refractivity contribution in [3.63, 3.8) is 0 Å². The predicted molar refractivity (Wildman–Crippen MR) is 143 cm³/mol. The predicted octanol–water partition coefficient (Wildman–Crippen LogP) is 3.36. The van der Waals surface area contributed by atoms with Crippen LogP contribution in [0.4, 0.5) is 10.1 Å². The monoisotopic (exact) mass is 517 g/mol. The number of hydrogen-bond acceptors (Lipinski definition) is 7. The van der Waals surface area contributed by atoms with Gasteiger partial charge in [-0.2, -0.15) is 0 Å². The summed E-state index contributed by atoms with van der Waals surface area (Å²) < 4.78 is 21.1. The lowest BCUT2D eigenvalue weighted by Gasteiger charge is -2.39. The lowest BCUT2D eigenvalue weighted by atomic mass is 10.00. The van der Waals surface area contributed by atoms with Gasteiger partial charge in [-0.3, -0.25) is 9.69 Å². The Balaban J connectivity index is 1.37. The van der Waals surface area contributed by atoms with Gasteiger partial charge in [0.1, 0.15) is 11.9 Å². The Labute approximate surface area is 220 Å². The molecule has 2 saturated heterocycles. The van der Waals surface area contributed by atoms with Gasteiger partial charge in [0.05, 0.1) is 12.6 Å². The summed E-state index contributed by atoms with van der Waals surface area (Å²) in [6.07, 6.45) is 2.06. The Morgan fingerprint density at radius 1 is 1.08 bits per heavy atom. The second-order valence-corrected chi connectivity index (χ2v) is 10.3. The minimum atomic E-state index is -0.420. The quantitative estimate of drug-likeness (QED) is 0.419. The first-order chi connectivity index (χ1) is 18.5. The highest BCUT2D eigenvalue weighted by atomic mass is 19.1. The number of nitrogens with zero attached hydrogens (tertiary/aromatic N) is 6. The van der Waals surface area contributed by atoms with E-state index in [-0.39, 0.29) is 17.5 Å². The van der Waals surface area contributed by atoms with Crippen molar-refractivity contribution in [1.82, 2.24) is 30.1 Å². The zero-order chi connectivity index (χ0) is 26.2. The fraction of sp³-hybridized carbons (Fsp3) is 0.429. The van der Waals surface area contributed by atoms with Crippen LogP contribution in [0.1, 0.15) is 41.4 Å². The molecular weight excluding hydrogens is 485 g/mol. The number of halogens is 1. The highest BCUT2D eigenvalue weighted by molar-refractivity contribution is 5.81. The number of hydrogen-bond donors (Lipinski definition) is 1. The SMILES string of the molecule is Cc1cc2cc([C@H](c3nnnn3C[C@@H]3CCCO3)N3CCN(c4ccc(F)cc4)CC3)c(=O)[nH]c2cc1C. The molecule has 0 amide bonds. The highest BCUT2D eigenvalue weighted by Gasteiger charge is 2.33. The van der Waals surface area contributed by atoms with Crippen LogP contribution in [-0.2, 0) is 11.3 Å². The van der Waals surface area contributed by atoms with E-state index in [1.165, 1.54) is 17.7 Å².